The molecule has 0 bridgehead atoms. The molecule has 28 heavy (non-hydrogen) atoms. The van der Waals surface area contributed by atoms with Gasteiger partial charge in [0.25, 0.3) is 11.1 Å². The molecule has 1 aliphatic rings. The molecule has 1 saturated heterocycles. The maximum absolute atomic E-state index is 13.8. The van der Waals surface area contributed by atoms with E-state index in [9.17, 15) is 13.6 Å². The summed E-state index contributed by atoms with van der Waals surface area (Å²) in [5.41, 5.74) is 0.514. The number of halogens is 4. The van der Waals surface area contributed by atoms with Crippen molar-refractivity contribution in [2.24, 2.45) is 0 Å². The van der Waals surface area contributed by atoms with Crippen LogP contribution in [0.25, 0.3) is 10.2 Å². The molecule has 4 nitrogen and oxygen atoms in total. The van der Waals surface area contributed by atoms with E-state index in [4.69, 9.17) is 27.9 Å². The Labute approximate surface area is 173 Å². The number of fused-ring (bicyclic) bond motifs is 1. The molecule has 1 amide bonds. The van der Waals surface area contributed by atoms with Crippen LogP contribution in [0.4, 0.5) is 8.78 Å². The van der Waals surface area contributed by atoms with Crippen LogP contribution in [0, 0.1) is 11.6 Å². The standard InChI is InChI=1S/C19H14Cl2F2N2O2S/c20-10-1-2-13(14(21)7-10)18(26)25-5-3-12(4-6-25)27-19-24-17-15(23)8-11(22)9-16(17)28-19/h1-2,7-9,12H,3-6H2. The Balaban J connectivity index is 1.40. The Morgan fingerprint density at radius 2 is 1.93 bits per heavy atom. The number of amides is 1. The van der Waals surface area contributed by atoms with Crippen molar-refractivity contribution in [2.75, 3.05) is 13.1 Å². The molecule has 0 atom stereocenters. The summed E-state index contributed by atoms with van der Waals surface area (Å²) in [6.07, 6.45) is 1.05. The van der Waals surface area contributed by atoms with E-state index in [1.807, 2.05) is 0 Å². The van der Waals surface area contributed by atoms with Crippen LogP contribution in [0.15, 0.2) is 30.3 Å². The molecule has 0 saturated carbocycles. The summed E-state index contributed by atoms with van der Waals surface area (Å²) in [5, 5.41) is 1.09. The molecular weight excluding hydrogens is 429 g/mol. The van der Waals surface area contributed by atoms with Crippen molar-refractivity contribution < 1.29 is 18.3 Å². The summed E-state index contributed by atoms with van der Waals surface area (Å²) < 4.78 is 33.3. The quantitative estimate of drug-likeness (QED) is 0.532. The lowest BCUT2D eigenvalue weighted by molar-refractivity contribution is 0.0595. The number of hydrogen-bond acceptors (Lipinski definition) is 4. The van der Waals surface area contributed by atoms with Gasteiger partial charge in [-0.25, -0.2) is 8.78 Å². The largest absolute Gasteiger partial charge is 0.467 e. The Bertz CT molecular complexity index is 1050. The van der Waals surface area contributed by atoms with E-state index in [-0.39, 0.29) is 17.5 Å². The third kappa shape index (κ3) is 3.92. The van der Waals surface area contributed by atoms with E-state index in [1.165, 1.54) is 6.07 Å². The van der Waals surface area contributed by atoms with Gasteiger partial charge in [0.15, 0.2) is 5.82 Å². The van der Waals surface area contributed by atoms with E-state index in [2.05, 4.69) is 4.98 Å². The van der Waals surface area contributed by atoms with E-state index >= 15 is 0 Å². The minimum absolute atomic E-state index is 0.103. The van der Waals surface area contributed by atoms with Gasteiger partial charge in [0.2, 0.25) is 0 Å². The highest BCUT2D eigenvalue weighted by Crippen LogP contribution is 2.32. The number of hydrogen-bond donors (Lipinski definition) is 0. The van der Waals surface area contributed by atoms with Crippen LogP contribution < -0.4 is 4.74 Å². The fourth-order valence-corrected chi connectivity index (χ4v) is 4.55. The van der Waals surface area contributed by atoms with Crippen LogP contribution in [-0.2, 0) is 0 Å². The molecular formula is C19H14Cl2F2N2O2S. The third-order valence-electron chi connectivity index (χ3n) is 4.55. The summed E-state index contributed by atoms with van der Waals surface area (Å²) >= 11 is 13.1. The fourth-order valence-electron chi connectivity index (χ4n) is 3.14. The number of rotatable bonds is 3. The van der Waals surface area contributed by atoms with Gasteiger partial charge in [0.1, 0.15) is 17.4 Å². The number of ether oxygens (including phenoxy) is 1. The van der Waals surface area contributed by atoms with Crippen LogP contribution in [0.1, 0.15) is 23.2 Å². The maximum Gasteiger partial charge on any atom is 0.274 e. The number of benzene rings is 2. The molecule has 4 rings (SSSR count). The smallest absolute Gasteiger partial charge is 0.274 e. The SMILES string of the molecule is O=C(c1ccc(Cl)cc1Cl)N1CCC(Oc2nc3c(F)cc(F)cc3s2)CC1. The number of piperidine rings is 1. The van der Waals surface area contributed by atoms with E-state index in [0.29, 0.717) is 51.4 Å². The monoisotopic (exact) mass is 442 g/mol. The first-order valence-electron chi connectivity index (χ1n) is 8.57. The van der Waals surface area contributed by atoms with Crippen molar-refractivity contribution in [2.45, 2.75) is 18.9 Å². The molecule has 2 heterocycles. The second-order valence-corrected chi connectivity index (χ2v) is 8.28. The van der Waals surface area contributed by atoms with Gasteiger partial charge in [0.05, 0.1) is 15.3 Å². The predicted molar refractivity (Wildman–Crippen MR) is 106 cm³/mol. The Morgan fingerprint density at radius 3 is 2.64 bits per heavy atom. The molecule has 1 fully saturated rings. The van der Waals surface area contributed by atoms with Gasteiger partial charge in [-0.15, -0.1) is 0 Å². The van der Waals surface area contributed by atoms with Crippen LogP contribution >= 0.6 is 34.5 Å². The van der Waals surface area contributed by atoms with Gasteiger partial charge in [-0.1, -0.05) is 34.5 Å². The zero-order valence-corrected chi connectivity index (χ0v) is 16.8. The second-order valence-electron chi connectivity index (χ2n) is 6.45. The molecule has 0 radical (unpaired) electrons. The maximum atomic E-state index is 13.8. The highest BCUT2D eigenvalue weighted by molar-refractivity contribution is 7.20. The number of carbonyl (C=O) groups is 1. The van der Waals surface area contributed by atoms with Crippen LogP contribution in [0.2, 0.25) is 10.0 Å². The summed E-state index contributed by atoms with van der Waals surface area (Å²) in [7, 11) is 0. The summed E-state index contributed by atoms with van der Waals surface area (Å²) in [6, 6.07) is 6.83. The molecule has 0 spiro atoms. The van der Waals surface area contributed by atoms with Gasteiger partial charge in [0, 0.05) is 37.0 Å². The molecule has 3 aromatic rings. The second kappa shape index (κ2) is 7.81. The lowest BCUT2D eigenvalue weighted by Crippen LogP contribution is -2.41. The zero-order chi connectivity index (χ0) is 19.8. The van der Waals surface area contributed by atoms with Crippen molar-refractivity contribution in [3.05, 3.63) is 57.6 Å². The highest BCUT2D eigenvalue weighted by atomic mass is 35.5. The van der Waals surface area contributed by atoms with Gasteiger partial charge in [-0.2, -0.15) is 4.98 Å². The van der Waals surface area contributed by atoms with Gasteiger partial charge in [-0.3, -0.25) is 4.79 Å². The van der Waals surface area contributed by atoms with Gasteiger partial charge >= 0.3 is 0 Å². The van der Waals surface area contributed by atoms with E-state index < -0.39 is 11.6 Å². The summed E-state index contributed by atoms with van der Waals surface area (Å²) in [4.78, 5) is 18.5. The topological polar surface area (TPSA) is 42.4 Å². The lowest BCUT2D eigenvalue weighted by atomic mass is 10.1. The van der Waals surface area contributed by atoms with Crippen molar-refractivity contribution in [1.82, 2.24) is 9.88 Å². The summed E-state index contributed by atoms with van der Waals surface area (Å²) in [6.45, 7) is 0.993. The van der Waals surface area contributed by atoms with Crippen molar-refractivity contribution >= 4 is 50.7 Å². The Hall–Kier alpha value is -1.96. The predicted octanol–water partition coefficient (Wildman–Crippen LogP) is 5.56. The minimum atomic E-state index is -0.707. The van der Waals surface area contributed by atoms with Crippen LogP contribution in [0.3, 0.4) is 0 Å². The van der Waals surface area contributed by atoms with Gasteiger partial charge < -0.3 is 9.64 Å². The zero-order valence-electron chi connectivity index (χ0n) is 14.4. The van der Waals surface area contributed by atoms with Crippen molar-refractivity contribution in [3.63, 3.8) is 0 Å². The first-order valence-corrected chi connectivity index (χ1v) is 10.1. The molecule has 1 aliphatic heterocycles. The molecule has 0 unspecified atom stereocenters. The minimum Gasteiger partial charge on any atom is -0.467 e. The van der Waals surface area contributed by atoms with Crippen molar-refractivity contribution in [1.29, 1.82) is 0 Å². The molecule has 0 N–H and O–H groups in total. The molecule has 2 aromatic carbocycles. The number of nitrogens with zero attached hydrogens (tertiary/aromatic N) is 2. The van der Waals surface area contributed by atoms with Crippen LogP contribution in [0.5, 0.6) is 5.19 Å². The normalized spacial score (nSPS) is 15.2. The first-order chi connectivity index (χ1) is 13.4. The number of aromatic nitrogens is 1. The molecule has 1 aromatic heterocycles. The summed E-state index contributed by atoms with van der Waals surface area (Å²) in [5.74, 6) is -1.51. The average molecular weight is 443 g/mol. The lowest BCUT2D eigenvalue weighted by Gasteiger charge is -2.31. The Morgan fingerprint density at radius 1 is 1.18 bits per heavy atom. The number of thiazole rings is 1. The first kappa shape index (κ1) is 19.4. The van der Waals surface area contributed by atoms with Gasteiger partial charge in [-0.05, 0) is 24.3 Å². The Kier molecular flexibility index (Phi) is 5.40. The molecule has 146 valence electrons. The van der Waals surface area contributed by atoms with E-state index in [0.717, 1.165) is 17.4 Å². The molecule has 0 aliphatic carbocycles. The fraction of sp³-hybridized carbons (Fsp3) is 0.263. The molecule has 9 heteroatoms. The third-order valence-corrected chi connectivity index (χ3v) is 5.99. The highest BCUT2D eigenvalue weighted by Gasteiger charge is 2.26. The number of carbonyl (C=O) groups excluding carboxylic acids is 1. The van der Waals surface area contributed by atoms with Crippen molar-refractivity contribution in [3.8, 4) is 5.19 Å². The number of likely N-dealkylation sites (tertiary alicyclic amines) is 1. The van der Waals surface area contributed by atoms with E-state index in [1.54, 1.807) is 23.1 Å². The van der Waals surface area contributed by atoms with Crippen LogP contribution in [-0.4, -0.2) is 35.0 Å². The average Bonchev–Trinajstić information content (AvgIpc) is 3.04.